The lowest BCUT2D eigenvalue weighted by Crippen LogP contribution is -2.40. The number of aliphatic carboxylic acids is 1. The molecule has 0 aliphatic carbocycles. The molecule has 0 saturated heterocycles. The van der Waals surface area contributed by atoms with Crippen LogP contribution in [0.2, 0.25) is 0 Å². The molecule has 0 N–H and O–H groups in total. The van der Waals surface area contributed by atoms with Crippen LogP contribution in [-0.4, -0.2) is 17.8 Å². The topological polar surface area (TPSA) is 61.7 Å². The summed E-state index contributed by atoms with van der Waals surface area (Å²) in [5.74, 6) is -2.06. The highest BCUT2D eigenvalue weighted by Gasteiger charge is 2.32. The quantitative estimate of drug-likeness (QED) is 0.723. The summed E-state index contributed by atoms with van der Waals surface area (Å²) >= 11 is 0. The molecule has 0 unspecified atom stereocenters. The van der Waals surface area contributed by atoms with Gasteiger partial charge in [0.05, 0.1) is 11.7 Å². The molecule has 1 aliphatic heterocycles. The van der Waals surface area contributed by atoms with Crippen molar-refractivity contribution >= 4 is 11.7 Å². The first-order valence-electron chi connectivity index (χ1n) is 4.80. The molecule has 2 rings (SSSR count). The van der Waals surface area contributed by atoms with Gasteiger partial charge in [-0.1, -0.05) is 24.2 Å². The van der Waals surface area contributed by atoms with E-state index in [0.29, 0.717) is 11.3 Å². The van der Waals surface area contributed by atoms with Crippen LogP contribution < -0.4 is 5.11 Å². The van der Waals surface area contributed by atoms with E-state index in [1.807, 2.05) is 0 Å². The second kappa shape index (κ2) is 3.92. The lowest BCUT2D eigenvalue weighted by atomic mass is 9.94. The Bertz CT molecular complexity index is 441. The maximum atomic E-state index is 12.7. The first-order valence-corrected chi connectivity index (χ1v) is 4.80. The van der Waals surface area contributed by atoms with Crippen molar-refractivity contribution in [2.75, 3.05) is 0 Å². The van der Waals surface area contributed by atoms with E-state index in [9.17, 15) is 14.3 Å². The summed E-state index contributed by atoms with van der Waals surface area (Å²) in [4.78, 5) is 15.4. The smallest absolute Gasteiger partial charge is 0.174 e. The first-order chi connectivity index (χ1) is 7.59. The van der Waals surface area contributed by atoms with E-state index in [2.05, 4.69) is 5.16 Å². The number of oxime groups is 1. The predicted molar refractivity (Wildman–Crippen MR) is 52.0 cm³/mol. The summed E-state index contributed by atoms with van der Waals surface area (Å²) in [5.41, 5.74) is 1.15. The number of carboxylic acid groups (broad SMARTS) is 1. The maximum absolute atomic E-state index is 12.7. The van der Waals surface area contributed by atoms with Gasteiger partial charge in [0, 0.05) is 5.92 Å². The molecule has 0 fully saturated rings. The summed E-state index contributed by atoms with van der Waals surface area (Å²) in [6.45, 7) is 1.68. The third-order valence-electron chi connectivity index (χ3n) is 2.52. The molecule has 16 heavy (non-hydrogen) atoms. The maximum Gasteiger partial charge on any atom is 0.174 e. The van der Waals surface area contributed by atoms with Gasteiger partial charge in [-0.05, 0) is 17.7 Å². The van der Waals surface area contributed by atoms with Crippen LogP contribution in [-0.2, 0) is 9.63 Å². The van der Waals surface area contributed by atoms with Gasteiger partial charge in [0.2, 0.25) is 0 Å². The number of carboxylic acids is 1. The van der Waals surface area contributed by atoms with Gasteiger partial charge in [-0.25, -0.2) is 4.39 Å². The number of rotatable bonds is 2. The number of carbonyl (C=O) groups excluding carboxylic acids is 1. The third-order valence-corrected chi connectivity index (χ3v) is 2.52. The molecule has 0 radical (unpaired) electrons. The molecule has 1 aromatic rings. The highest BCUT2D eigenvalue weighted by atomic mass is 19.1. The van der Waals surface area contributed by atoms with Crippen molar-refractivity contribution in [3.8, 4) is 0 Å². The number of hydrogen-bond donors (Lipinski definition) is 0. The van der Waals surface area contributed by atoms with Crippen LogP contribution in [0.4, 0.5) is 4.39 Å². The number of hydrogen-bond acceptors (Lipinski definition) is 4. The predicted octanol–water partition coefficient (Wildman–Crippen LogP) is 0.315. The largest absolute Gasteiger partial charge is 0.546 e. The Labute approximate surface area is 91.3 Å². The Hall–Kier alpha value is -1.91. The van der Waals surface area contributed by atoms with E-state index >= 15 is 0 Å². The van der Waals surface area contributed by atoms with Gasteiger partial charge < -0.3 is 14.7 Å². The molecular weight excluding hydrogens is 213 g/mol. The molecule has 4 nitrogen and oxygen atoms in total. The molecule has 0 aromatic heterocycles. The van der Waals surface area contributed by atoms with E-state index in [0.717, 1.165) is 0 Å². The van der Waals surface area contributed by atoms with Crippen LogP contribution in [0.15, 0.2) is 29.4 Å². The molecular formula is C11H9FNO3-. The van der Waals surface area contributed by atoms with Crippen LogP contribution in [0.3, 0.4) is 0 Å². The highest BCUT2D eigenvalue weighted by molar-refractivity contribution is 6.04. The summed E-state index contributed by atoms with van der Waals surface area (Å²) < 4.78 is 12.7. The third kappa shape index (κ3) is 1.76. The first kappa shape index (κ1) is 10.6. The molecule has 84 valence electrons. The van der Waals surface area contributed by atoms with Crippen molar-refractivity contribution in [3.05, 3.63) is 35.6 Å². The Morgan fingerprint density at radius 3 is 2.56 bits per heavy atom. The lowest BCUT2D eigenvalue weighted by molar-refractivity contribution is -0.317. The minimum Gasteiger partial charge on any atom is -0.546 e. The van der Waals surface area contributed by atoms with Gasteiger partial charge in [-0.15, -0.1) is 0 Å². The minimum absolute atomic E-state index is 0.354. The van der Waals surface area contributed by atoms with Crippen molar-refractivity contribution < 1.29 is 19.1 Å². The van der Waals surface area contributed by atoms with E-state index in [1.54, 1.807) is 6.92 Å². The molecule has 0 amide bonds. The molecule has 0 spiro atoms. The molecule has 0 saturated carbocycles. The molecule has 0 bridgehead atoms. The lowest BCUT2D eigenvalue weighted by Gasteiger charge is -2.14. The zero-order valence-electron chi connectivity index (χ0n) is 8.51. The van der Waals surface area contributed by atoms with E-state index in [4.69, 9.17) is 4.84 Å². The van der Waals surface area contributed by atoms with Crippen molar-refractivity contribution in [1.29, 1.82) is 0 Å². The summed E-state index contributed by atoms with van der Waals surface area (Å²) in [5, 5.41) is 14.4. The Balaban J connectivity index is 2.24. The fraction of sp³-hybridized carbons (Fsp3) is 0.273. The minimum atomic E-state index is -1.30. The van der Waals surface area contributed by atoms with E-state index < -0.39 is 18.0 Å². The summed E-state index contributed by atoms with van der Waals surface area (Å²) in [7, 11) is 0. The molecule has 2 atom stereocenters. The van der Waals surface area contributed by atoms with Gasteiger partial charge in [0.15, 0.2) is 6.10 Å². The molecule has 1 aromatic carbocycles. The Morgan fingerprint density at radius 1 is 1.44 bits per heavy atom. The van der Waals surface area contributed by atoms with Gasteiger partial charge in [0.1, 0.15) is 5.82 Å². The zero-order chi connectivity index (χ0) is 11.7. The summed E-state index contributed by atoms with van der Waals surface area (Å²) in [6, 6.07) is 5.64. The summed E-state index contributed by atoms with van der Waals surface area (Å²) in [6.07, 6.45) is -1.07. The SMILES string of the molecule is C[C@H]1C(c2ccc(F)cc2)=NO[C@@H]1C(=O)[O-]. The highest BCUT2D eigenvalue weighted by Crippen LogP contribution is 2.22. The van der Waals surface area contributed by atoms with Crippen molar-refractivity contribution in [2.24, 2.45) is 11.1 Å². The van der Waals surface area contributed by atoms with E-state index in [-0.39, 0.29) is 5.82 Å². The normalized spacial score (nSPS) is 23.8. The fourth-order valence-corrected chi connectivity index (χ4v) is 1.61. The van der Waals surface area contributed by atoms with E-state index in [1.165, 1.54) is 24.3 Å². The number of benzene rings is 1. The standard InChI is InChI=1S/C11H10FNO3/c1-6-9(13-16-10(6)11(14)15)7-2-4-8(12)5-3-7/h2-6,10H,1H3,(H,14,15)/p-1/t6-,10-/m0/s1. The van der Waals surface area contributed by atoms with Crippen molar-refractivity contribution in [2.45, 2.75) is 13.0 Å². The van der Waals surface area contributed by atoms with Gasteiger partial charge in [-0.3, -0.25) is 0 Å². The number of halogens is 1. The average molecular weight is 222 g/mol. The number of carbonyl (C=O) groups is 1. The molecule has 1 aliphatic rings. The van der Waals surface area contributed by atoms with Crippen molar-refractivity contribution in [1.82, 2.24) is 0 Å². The Kier molecular flexibility index (Phi) is 2.60. The number of nitrogens with zero attached hydrogens (tertiary/aromatic N) is 1. The zero-order valence-corrected chi connectivity index (χ0v) is 8.51. The van der Waals surface area contributed by atoms with Crippen LogP contribution in [0.25, 0.3) is 0 Å². The fourth-order valence-electron chi connectivity index (χ4n) is 1.61. The van der Waals surface area contributed by atoms with Crippen LogP contribution in [0, 0.1) is 11.7 Å². The molecule has 1 heterocycles. The van der Waals surface area contributed by atoms with Crippen LogP contribution in [0.5, 0.6) is 0 Å². The monoisotopic (exact) mass is 222 g/mol. The van der Waals surface area contributed by atoms with Crippen molar-refractivity contribution in [3.63, 3.8) is 0 Å². The Morgan fingerprint density at radius 2 is 2.06 bits per heavy atom. The van der Waals surface area contributed by atoms with Gasteiger partial charge in [-0.2, -0.15) is 0 Å². The average Bonchev–Trinajstić information content (AvgIpc) is 2.61. The second-order valence-electron chi connectivity index (χ2n) is 3.62. The van der Waals surface area contributed by atoms with Gasteiger partial charge in [0.25, 0.3) is 0 Å². The van der Waals surface area contributed by atoms with Crippen LogP contribution in [0.1, 0.15) is 12.5 Å². The van der Waals surface area contributed by atoms with Crippen LogP contribution >= 0.6 is 0 Å². The molecule has 5 heteroatoms. The second-order valence-corrected chi connectivity index (χ2v) is 3.62. The van der Waals surface area contributed by atoms with Gasteiger partial charge >= 0.3 is 0 Å².